The lowest BCUT2D eigenvalue weighted by molar-refractivity contribution is 1.37. The van der Waals surface area contributed by atoms with Crippen molar-refractivity contribution in [2.24, 2.45) is 0 Å². The first kappa shape index (κ1) is 10.5. The molecule has 80 valence electrons. The van der Waals surface area contributed by atoms with Gasteiger partial charge in [0.2, 0.25) is 0 Å². The summed E-state index contributed by atoms with van der Waals surface area (Å²) in [6, 6.07) is 16.4. The molecule has 0 spiro atoms. The quantitative estimate of drug-likeness (QED) is 0.618. The largest absolute Gasteiger partial charge is 0.236 e. The summed E-state index contributed by atoms with van der Waals surface area (Å²) in [4.78, 5) is 4.65. The van der Waals surface area contributed by atoms with Crippen LogP contribution in [0, 0.1) is 0 Å². The smallest absolute Gasteiger partial charge is 0.124 e. The second-order valence-corrected chi connectivity index (χ2v) is 4.88. The number of hydrogen-bond donors (Lipinski definition) is 0. The van der Waals surface area contributed by atoms with Gasteiger partial charge in [0, 0.05) is 5.56 Å². The van der Waals surface area contributed by atoms with E-state index in [0.717, 1.165) is 21.7 Å². The van der Waals surface area contributed by atoms with E-state index in [1.165, 1.54) is 4.70 Å². The molecule has 2 aromatic carbocycles. The number of rotatable bonds is 2. The Bertz CT molecular complexity index is 627. The molecule has 0 aliphatic rings. The second-order valence-electron chi connectivity index (χ2n) is 3.85. The van der Waals surface area contributed by atoms with Crippen LogP contribution < -0.4 is 0 Å². The average molecular weight is 235 g/mol. The van der Waals surface area contributed by atoms with Crippen LogP contribution in [-0.4, -0.2) is 12.8 Å². The summed E-state index contributed by atoms with van der Waals surface area (Å²) in [5.74, 6) is 0. The van der Waals surface area contributed by atoms with Crippen molar-refractivity contribution in [1.29, 1.82) is 0 Å². The maximum Gasteiger partial charge on any atom is 0.124 e. The zero-order valence-corrected chi connectivity index (χ0v) is 10.1. The Kier molecular flexibility index (Phi) is 2.69. The molecule has 0 atom stereocenters. The van der Waals surface area contributed by atoms with Crippen molar-refractivity contribution >= 4 is 29.4 Å². The third-order valence-corrected chi connectivity index (χ3v) is 3.83. The topological polar surface area (TPSA) is 12.9 Å². The summed E-state index contributed by atoms with van der Waals surface area (Å²) in [7, 11) is 5.76. The van der Waals surface area contributed by atoms with Crippen molar-refractivity contribution < 1.29 is 0 Å². The summed E-state index contributed by atoms with van der Waals surface area (Å²) < 4.78 is 1.22. The van der Waals surface area contributed by atoms with Crippen molar-refractivity contribution in [3.8, 4) is 10.6 Å². The SMILES string of the molecule is [B]Cc1ccccc1-c1nc2ccccc2s1. The predicted octanol–water partition coefficient (Wildman–Crippen LogP) is 3.63. The Labute approximate surface area is 106 Å². The molecule has 17 heavy (non-hydrogen) atoms. The van der Waals surface area contributed by atoms with Crippen LogP contribution in [0.1, 0.15) is 5.56 Å². The van der Waals surface area contributed by atoms with E-state index in [1.54, 1.807) is 11.3 Å². The molecule has 0 N–H and O–H groups in total. The van der Waals surface area contributed by atoms with Gasteiger partial charge in [0.15, 0.2) is 0 Å². The molecule has 2 radical (unpaired) electrons. The van der Waals surface area contributed by atoms with Crippen molar-refractivity contribution in [3.05, 3.63) is 54.1 Å². The summed E-state index contributed by atoms with van der Waals surface area (Å²) in [5.41, 5.74) is 3.35. The van der Waals surface area contributed by atoms with Gasteiger partial charge in [-0.1, -0.05) is 42.7 Å². The predicted molar refractivity (Wildman–Crippen MR) is 74.5 cm³/mol. The highest BCUT2D eigenvalue weighted by molar-refractivity contribution is 7.21. The molecule has 0 aliphatic carbocycles. The molecule has 0 bridgehead atoms. The molecule has 1 heterocycles. The molecule has 0 fully saturated rings. The van der Waals surface area contributed by atoms with Gasteiger partial charge in [-0.25, -0.2) is 4.98 Å². The normalized spacial score (nSPS) is 10.8. The van der Waals surface area contributed by atoms with E-state index in [0.29, 0.717) is 6.32 Å². The van der Waals surface area contributed by atoms with Gasteiger partial charge >= 0.3 is 0 Å². The van der Waals surface area contributed by atoms with E-state index in [2.05, 4.69) is 23.2 Å². The number of aromatic nitrogens is 1. The third kappa shape index (κ3) is 1.87. The second kappa shape index (κ2) is 4.34. The Morgan fingerprint density at radius 3 is 2.59 bits per heavy atom. The minimum Gasteiger partial charge on any atom is -0.236 e. The summed E-state index contributed by atoms with van der Waals surface area (Å²) >= 11 is 1.71. The molecule has 0 saturated carbocycles. The third-order valence-electron chi connectivity index (χ3n) is 2.76. The van der Waals surface area contributed by atoms with Gasteiger partial charge in [0.05, 0.1) is 18.1 Å². The van der Waals surface area contributed by atoms with Crippen LogP contribution in [0.4, 0.5) is 0 Å². The van der Waals surface area contributed by atoms with Gasteiger partial charge in [-0.3, -0.25) is 0 Å². The number of benzene rings is 2. The maximum absolute atomic E-state index is 5.76. The molecule has 3 rings (SSSR count). The fourth-order valence-electron chi connectivity index (χ4n) is 1.89. The molecule has 0 aliphatic heterocycles. The number of hydrogen-bond acceptors (Lipinski definition) is 2. The van der Waals surface area contributed by atoms with Crippen LogP contribution in [0.5, 0.6) is 0 Å². The highest BCUT2D eigenvalue weighted by Crippen LogP contribution is 2.31. The van der Waals surface area contributed by atoms with E-state index in [1.807, 2.05) is 30.3 Å². The first-order valence-electron chi connectivity index (χ1n) is 5.52. The highest BCUT2D eigenvalue weighted by atomic mass is 32.1. The molecular formula is C14H10BNS. The van der Waals surface area contributed by atoms with Crippen LogP contribution in [-0.2, 0) is 6.32 Å². The Balaban J connectivity index is 2.20. The molecular weight excluding hydrogens is 225 g/mol. The first-order chi connectivity index (χ1) is 8.38. The molecule has 3 heteroatoms. The van der Waals surface area contributed by atoms with Gasteiger partial charge in [-0.05, 0) is 17.7 Å². The highest BCUT2D eigenvalue weighted by Gasteiger charge is 2.08. The van der Waals surface area contributed by atoms with Gasteiger partial charge in [0.1, 0.15) is 5.01 Å². The molecule has 1 aromatic heterocycles. The lowest BCUT2D eigenvalue weighted by Gasteiger charge is -2.03. The summed E-state index contributed by atoms with van der Waals surface area (Å²) in [6.45, 7) is 0. The van der Waals surface area contributed by atoms with Crippen LogP contribution in [0.25, 0.3) is 20.8 Å². The minimum atomic E-state index is 0.548. The molecule has 0 amide bonds. The molecule has 3 aromatic rings. The monoisotopic (exact) mass is 235 g/mol. The molecule has 1 nitrogen and oxygen atoms in total. The van der Waals surface area contributed by atoms with Crippen LogP contribution in [0.15, 0.2) is 48.5 Å². The number of fused-ring (bicyclic) bond motifs is 1. The zero-order valence-electron chi connectivity index (χ0n) is 9.26. The van der Waals surface area contributed by atoms with E-state index in [-0.39, 0.29) is 0 Å². The lowest BCUT2D eigenvalue weighted by Crippen LogP contribution is -1.88. The van der Waals surface area contributed by atoms with Gasteiger partial charge in [-0.2, -0.15) is 0 Å². The summed E-state index contributed by atoms with van der Waals surface area (Å²) in [6.07, 6.45) is 0.548. The van der Waals surface area contributed by atoms with Crippen LogP contribution in [0.2, 0.25) is 0 Å². The zero-order chi connectivity index (χ0) is 11.7. The van der Waals surface area contributed by atoms with E-state index >= 15 is 0 Å². The van der Waals surface area contributed by atoms with E-state index in [4.69, 9.17) is 7.85 Å². The minimum absolute atomic E-state index is 0.548. The summed E-state index contributed by atoms with van der Waals surface area (Å²) in [5, 5.41) is 1.05. The van der Waals surface area contributed by atoms with Crippen molar-refractivity contribution in [2.45, 2.75) is 6.32 Å². The Morgan fingerprint density at radius 1 is 1.00 bits per heavy atom. The fourth-order valence-corrected chi connectivity index (χ4v) is 2.92. The lowest BCUT2D eigenvalue weighted by atomic mass is 9.93. The average Bonchev–Trinajstić information content (AvgIpc) is 2.82. The standard InChI is InChI=1S/C14H10BNS/c15-9-10-5-1-2-6-11(10)14-16-12-7-3-4-8-13(12)17-14/h1-8H,9H2. The number of nitrogens with zero attached hydrogens (tertiary/aromatic N) is 1. The Hall–Kier alpha value is -1.61. The Morgan fingerprint density at radius 2 is 1.76 bits per heavy atom. The first-order valence-corrected chi connectivity index (χ1v) is 6.34. The number of para-hydroxylation sites is 1. The van der Waals surface area contributed by atoms with E-state index < -0.39 is 0 Å². The van der Waals surface area contributed by atoms with Crippen molar-refractivity contribution in [1.82, 2.24) is 4.98 Å². The van der Waals surface area contributed by atoms with Gasteiger partial charge in [-0.15, -0.1) is 11.3 Å². The van der Waals surface area contributed by atoms with Gasteiger partial charge in [0.25, 0.3) is 0 Å². The maximum atomic E-state index is 5.76. The van der Waals surface area contributed by atoms with Gasteiger partial charge < -0.3 is 0 Å². The van der Waals surface area contributed by atoms with E-state index in [9.17, 15) is 0 Å². The molecule has 0 saturated heterocycles. The molecule has 0 unspecified atom stereocenters. The van der Waals surface area contributed by atoms with Crippen molar-refractivity contribution in [2.75, 3.05) is 0 Å². The number of thiazole rings is 1. The van der Waals surface area contributed by atoms with Crippen LogP contribution in [0.3, 0.4) is 0 Å². The fraction of sp³-hybridized carbons (Fsp3) is 0.0714. The van der Waals surface area contributed by atoms with Crippen LogP contribution >= 0.6 is 11.3 Å². The van der Waals surface area contributed by atoms with Crippen molar-refractivity contribution in [3.63, 3.8) is 0 Å².